The quantitative estimate of drug-likeness (QED) is 0.685. The molecule has 0 amide bonds. The smallest absolute Gasteiger partial charge is 0.0781 e. The summed E-state index contributed by atoms with van der Waals surface area (Å²) in [4.78, 5) is 0. The number of aliphatic hydroxyl groups is 2. The SMILES string of the molecule is C=Cc1ccccc1COC.CC(O)COC(C)COC(C)CO. The van der Waals surface area contributed by atoms with Crippen molar-refractivity contribution < 1.29 is 24.4 Å². The van der Waals surface area contributed by atoms with Gasteiger partial charge in [0.2, 0.25) is 0 Å². The summed E-state index contributed by atoms with van der Waals surface area (Å²) >= 11 is 0. The van der Waals surface area contributed by atoms with E-state index in [2.05, 4.69) is 6.58 Å². The Hall–Kier alpha value is -1.24. The van der Waals surface area contributed by atoms with Crippen LogP contribution in [0, 0.1) is 0 Å². The minimum Gasteiger partial charge on any atom is -0.394 e. The van der Waals surface area contributed by atoms with Gasteiger partial charge in [-0.1, -0.05) is 36.9 Å². The van der Waals surface area contributed by atoms with Crippen LogP contribution in [0.3, 0.4) is 0 Å². The van der Waals surface area contributed by atoms with Gasteiger partial charge < -0.3 is 24.4 Å². The molecular weight excluding hydrogens is 308 g/mol. The lowest BCUT2D eigenvalue weighted by atomic mass is 10.1. The highest BCUT2D eigenvalue weighted by Gasteiger charge is 2.07. The van der Waals surface area contributed by atoms with Gasteiger partial charge in [-0.3, -0.25) is 0 Å². The molecule has 2 N–H and O–H groups in total. The highest BCUT2D eigenvalue weighted by Crippen LogP contribution is 2.10. The number of hydrogen-bond donors (Lipinski definition) is 2. The summed E-state index contributed by atoms with van der Waals surface area (Å²) in [7, 11) is 1.69. The van der Waals surface area contributed by atoms with Gasteiger partial charge in [0.15, 0.2) is 0 Å². The molecule has 0 spiro atoms. The number of methoxy groups -OCH3 is 1. The van der Waals surface area contributed by atoms with Gasteiger partial charge >= 0.3 is 0 Å². The molecule has 3 atom stereocenters. The number of ether oxygens (including phenoxy) is 3. The molecule has 5 nitrogen and oxygen atoms in total. The monoisotopic (exact) mass is 340 g/mol. The van der Waals surface area contributed by atoms with Crippen LogP contribution in [0.5, 0.6) is 0 Å². The van der Waals surface area contributed by atoms with Crippen LogP contribution in [0.25, 0.3) is 6.08 Å². The lowest BCUT2D eigenvalue weighted by molar-refractivity contribution is -0.0620. The van der Waals surface area contributed by atoms with E-state index in [0.29, 0.717) is 19.8 Å². The van der Waals surface area contributed by atoms with E-state index in [1.165, 1.54) is 5.56 Å². The van der Waals surface area contributed by atoms with E-state index in [9.17, 15) is 0 Å². The van der Waals surface area contributed by atoms with Gasteiger partial charge in [-0.2, -0.15) is 0 Å². The fourth-order valence-electron chi connectivity index (χ4n) is 1.72. The van der Waals surface area contributed by atoms with Crippen LogP contribution in [0.15, 0.2) is 30.8 Å². The van der Waals surface area contributed by atoms with Crippen molar-refractivity contribution in [3.8, 4) is 0 Å². The third kappa shape index (κ3) is 11.3. The third-order valence-corrected chi connectivity index (χ3v) is 3.07. The minimum atomic E-state index is -0.447. The van der Waals surface area contributed by atoms with Crippen LogP contribution in [0.4, 0.5) is 0 Å². The lowest BCUT2D eigenvalue weighted by Crippen LogP contribution is -2.24. The van der Waals surface area contributed by atoms with Crippen molar-refractivity contribution in [1.29, 1.82) is 0 Å². The Labute approximate surface area is 145 Å². The van der Waals surface area contributed by atoms with Crippen LogP contribution in [-0.2, 0) is 20.8 Å². The number of aliphatic hydroxyl groups excluding tert-OH is 2. The molecule has 24 heavy (non-hydrogen) atoms. The third-order valence-electron chi connectivity index (χ3n) is 3.07. The molecule has 0 aliphatic carbocycles. The molecule has 0 bridgehead atoms. The summed E-state index contributed by atoms with van der Waals surface area (Å²) in [5.74, 6) is 0. The molecule has 0 aliphatic heterocycles. The van der Waals surface area contributed by atoms with Gasteiger partial charge in [0.05, 0.1) is 44.7 Å². The van der Waals surface area contributed by atoms with Gasteiger partial charge in [0.1, 0.15) is 0 Å². The van der Waals surface area contributed by atoms with Crippen molar-refractivity contribution in [3.05, 3.63) is 42.0 Å². The van der Waals surface area contributed by atoms with Crippen LogP contribution >= 0.6 is 0 Å². The van der Waals surface area contributed by atoms with E-state index in [1.807, 2.05) is 37.3 Å². The fourth-order valence-corrected chi connectivity index (χ4v) is 1.72. The van der Waals surface area contributed by atoms with Gasteiger partial charge in [0, 0.05) is 7.11 Å². The summed E-state index contributed by atoms with van der Waals surface area (Å²) in [6, 6.07) is 8.07. The van der Waals surface area contributed by atoms with Gasteiger partial charge in [0.25, 0.3) is 0 Å². The Balaban J connectivity index is 0.000000446. The maximum absolute atomic E-state index is 8.92. The van der Waals surface area contributed by atoms with Crippen molar-refractivity contribution in [2.24, 2.45) is 0 Å². The summed E-state index contributed by atoms with van der Waals surface area (Å²) < 4.78 is 15.5. The van der Waals surface area contributed by atoms with E-state index in [4.69, 9.17) is 24.4 Å². The first-order chi connectivity index (χ1) is 11.4. The number of benzene rings is 1. The van der Waals surface area contributed by atoms with Crippen LogP contribution in [0.2, 0.25) is 0 Å². The Bertz CT molecular complexity index is 434. The zero-order chi connectivity index (χ0) is 18.4. The highest BCUT2D eigenvalue weighted by atomic mass is 16.5. The number of hydrogen-bond acceptors (Lipinski definition) is 5. The van der Waals surface area contributed by atoms with E-state index in [0.717, 1.165) is 5.56 Å². The van der Waals surface area contributed by atoms with Crippen molar-refractivity contribution in [2.75, 3.05) is 26.9 Å². The first-order valence-corrected chi connectivity index (χ1v) is 8.15. The van der Waals surface area contributed by atoms with E-state index < -0.39 is 6.10 Å². The van der Waals surface area contributed by atoms with Crippen molar-refractivity contribution in [3.63, 3.8) is 0 Å². The zero-order valence-corrected chi connectivity index (χ0v) is 15.3. The summed E-state index contributed by atoms with van der Waals surface area (Å²) in [6.07, 6.45) is 1.19. The summed E-state index contributed by atoms with van der Waals surface area (Å²) in [6.45, 7) is 10.5. The minimum absolute atomic E-state index is 0.0170. The van der Waals surface area contributed by atoms with E-state index in [1.54, 1.807) is 21.0 Å². The van der Waals surface area contributed by atoms with Crippen molar-refractivity contribution >= 4 is 6.08 Å². The normalized spacial score (nSPS) is 14.2. The average molecular weight is 340 g/mol. The predicted molar refractivity (Wildman–Crippen MR) is 96.8 cm³/mol. The second kappa shape index (κ2) is 14.1. The Kier molecular flexibility index (Phi) is 13.4. The second-order valence-corrected chi connectivity index (χ2v) is 5.66. The Morgan fingerprint density at radius 3 is 2.25 bits per heavy atom. The standard InChI is InChI=1S/C10H12O.C9H20O4/c1-3-9-6-4-5-7-10(9)8-11-2;1-7(11)5-12-9(3)6-13-8(2)4-10/h3-7H,1,8H2,2H3;7-11H,4-6H2,1-3H3. The molecule has 0 saturated heterocycles. The molecule has 0 saturated carbocycles. The maximum Gasteiger partial charge on any atom is 0.0781 e. The molecule has 5 heteroatoms. The first kappa shape index (κ1) is 22.8. The average Bonchev–Trinajstić information content (AvgIpc) is 2.59. The zero-order valence-electron chi connectivity index (χ0n) is 15.3. The largest absolute Gasteiger partial charge is 0.394 e. The highest BCUT2D eigenvalue weighted by molar-refractivity contribution is 5.51. The Morgan fingerprint density at radius 2 is 1.71 bits per heavy atom. The second-order valence-electron chi connectivity index (χ2n) is 5.66. The summed E-state index contributed by atoms with van der Waals surface area (Å²) in [5, 5.41) is 17.6. The molecule has 1 aromatic rings. The number of rotatable bonds is 10. The van der Waals surface area contributed by atoms with Gasteiger partial charge in [-0.15, -0.1) is 0 Å². The molecule has 0 aliphatic rings. The van der Waals surface area contributed by atoms with Crippen LogP contribution in [0.1, 0.15) is 31.9 Å². The topological polar surface area (TPSA) is 68.2 Å². The Morgan fingerprint density at radius 1 is 1.08 bits per heavy atom. The molecule has 3 unspecified atom stereocenters. The lowest BCUT2D eigenvalue weighted by Gasteiger charge is -2.16. The fraction of sp³-hybridized carbons (Fsp3) is 0.579. The van der Waals surface area contributed by atoms with E-state index >= 15 is 0 Å². The molecule has 0 heterocycles. The predicted octanol–water partition coefficient (Wildman–Crippen LogP) is 2.65. The van der Waals surface area contributed by atoms with Crippen LogP contribution in [-0.4, -0.2) is 55.5 Å². The van der Waals surface area contributed by atoms with Gasteiger partial charge in [-0.25, -0.2) is 0 Å². The first-order valence-electron chi connectivity index (χ1n) is 8.15. The molecular formula is C19H32O5. The van der Waals surface area contributed by atoms with Crippen molar-refractivity contribution in [1.82, 2.24) is 0 Å². The van der Waals surface area contributed by atoms with Crippen LogP contribution < -0.4 is 0 Å². The molecule has 1 rings (SSSR count). The molecule has 138 valence electrons. The molecule has 1 aromatic carbocycles. The van der Waals surface area contributed by atoms with Gasteiger partial charge in [-0.05, 0) is 31.9 Å². The maximum atomic E-state index is 8.92. The van der Waals surface area contributed by atoms with E-state index in [-0.39, 0.29) is 18.8 Å². The molecule has 0 radical (unpaired) electrons. The molecule has 0 aromatic heterocycles. The van der Waals surface area contributed by atoms with Crippen molar-refractivity contribution in [2.45, 2.75) is 45.7 Å². The summed E-state index contributed by atoms with van der Waals surface area (Å²) in [5.41, 5.74) is 2.33. The molecule has 0 fully saturated rings.